The van der Waals surface area contributed by atoms with Crippen molar-refractivity contribution in [1.82, 2.24) is 0 Å². The van der Waals surface area contributed by atoms with Gasteiger partial charge < -0.3 is 0 Å². The van der Waals surface area contributed by atoms with Crippen LogP contribution >= 0.6 is 0 Å². The van der Waals surface area contributed by atoms with Crippen LogP contribution in [0.4, 0.5) is 0 Å². The molecule has 1 unspecified atom stereocenters. The lowest BCUT2D eigenvalue weighted by atomic mass is 9.85. The topological polar surface area (TPSA) is 0 Å². The first-order chi connectivity index (χ1) is 11.0. The van der Waals surface area contributed by atoms with E-state index in [1.54, 1.807) is 5.57 Å². The van der Waals surface area contributed by atoms with Crippen molar-refractivity contribution in [2.45, 2.75) is 58.8 Å². The normalized spacial score (nSPS) is 17.1. The summed E-state index contributed by atoms with van der Waals surface area (Å²) < 4.78 is 0. The molecule has 3 rings (SSSR count). The fourth-order valence-electron chi connectivity index (χ4n) is 3.77. The first-order valence-electron chi connectivity index (χ1n) is 8.90. The van der Waals surface area contributed by atoms with Gasteiger partial charge in [0.25, 0.3) is 0 Å². The van der Waals surface area contributed by atoms with Gasteiger partial charge in [0, 0.05) is 5.92 Å². The fraction of sp³-hybridized carbons (Fsp3) is 0.391. The molecule has 0 bridgehead atoms. The fourth-order valence-corrected chi connectivity index (χ4v) is 3.77. The maximum absolute atomic E-state index is 2.44. The minimum Gasteiger partial charge on any atom is -0.0645 e. The molecule has 23 heavy (non-hydrogen) atoms. The van der Waals surface area contributed by atoms with Crippen molar-refractivity contribution in [3.05, 3.63) is 64.7 Å². The number of fused-ring (bicyclic) bond motifs is 1. The summed E-state index contributed by atoms with van der Waals surface area (Å²) >= 11 is 0. The van der Waals surface area contributed by atoms with E-state index in [1.807, 2.05) is 0 Å². The summed E-state index contributed by atoms with van der Waals surface area (Å²) in [4.78, 5) is 0. The van der Waals surface area contributed by atoms with Gasteiger partial charge in [-0.25, -0.2) is 0 Å². The summed E-state index contributed by atoms with van der Waals surface area (Å²) in [5, 5.41) is 0. The molecule has 0 N–H and O–H groups in total. The highest BCUT2D eigenvalue weighted by atomic mass is 14.3. The molecule has 120 valence electrons. The lowest BCUT2D eigenvalue weighted by Gasteiger charge is -2.19. The van der Waals surface area contributed by atoms with Gasteiger partial charge >= 0.3 is 0 Å². The van der Waals surface area contributed by atoms with Crippen LogP contribution < -0.4 is 0 Å². The number of benzene rings is 2. The van der Waals surface area contributed by atoms with Gasteiger partial charge in [-0.1, -0.05) is 88.7 Å². The predicted octanol–water partition coefficient (Wildman–Crippen LogP) is 6.95. The lowest BCUT2D eigenvalue weighted by Crippen LogP contribution is -2.10. The SMILES string of the molecule is CCC1=Cc2c(-c3ccc(C(C)(C)C)cc3)cccc2C1CC. The summed E-state index contributed by atoms with van der Waals surface area (Å²) in [6.07, 6.45) is 4.78. The van der Waals surface area contributed by atoms with Crippen LogP contribution in [0.25, 0.3) is 17.2 Å². The van der Waals surface area contributed by atoms with E-state index in [2.05, 4.69) is 83.2 Å². The maximum atomic E-state index is 2.44. The van der Waals surface area contributed by atoms with Crippen molar-refractivity contribution in [2.75, 3.05) is 0 Å². The molecule has 0 fully saturated rings. The Bertz CT molecular complexity index is 724. The molecule has 1 atom stereocenters. The van der Waals surface area contributed by atoms with E-state index >= 15 is 0 Å². The van der Waals surface area contributed by atoms with Crippen LogP contribution in [-0.2, 0) is 5.41 Å². The Kier molecular flexibility index (Phi) is 4.19. The van der Waals surface area contributed by atoms with Gasteiger partial charge in [0.05, 0.1) is 0 Å². The molecule has 0 heteroatoms. The molecule has 0 radical (unpaired) electrons. The van der Waals surface area contributed by atoms with E-state index in [-0.39, 0.29) is 5.41 Å². The highest BCUT2D eigenvalue weighted by Crippen LogP contribution is 2.43. The summed E-state index contributed by atoms with van der Waals surface area (Å²) in [7, 11) is 0. The molecule has 0 amide bonds. The third-order valence-electron chi connectivity index (χ3n) is 5.17. The van der Waals surface area contributed by atoms with E-state index < -0.39 is 0 Å². The summed E-state index contributed by atoms with van der Waals surface area (Å²) in [6, 6.07) is 15.9. The third kappa shape index (κ3) is 2.87. The van der Waals surface area contributed by atoms with Gasteiger partial charge in [0.1, 0.15) is 0 Å². The highest BCUT2D eigenvalue weighted by molar-refractivity contribution is 5.82. The van der Waals surface area contributed by atoms with E-state index in [0.717, 1.165) is 6.42 Å². The Hall–Kier alpha value is -1.82. The van der Waals surface area contributed by atoms with E-state index in [4.69, 9.17) is 0 Å². The molecule has 0 heterocycles. The average Bonchev–Trinajstić information content (AvgIpc) is 2.91. The standard InChI is InChI=1S/C23H28/c1-6-16-15-22-20(9-8-10-21(22)19(16)7-2)17-11-13-18(14-12-17)23(3,4)5/h8-15,19H,6-7H2,1-5H3. The van der Waals surface area contributed by atoms with Crippen LogP contribution in [0.5, 0.6) is 0 Å². The minimum absolute atomic E-state index is 0.208. The number of hydrogen-bond acceptors (Lipinski definition) is 0. The van der Waals surface area contributed by atoms with Gasteiger partial charge in [0.15, 0.2) is 0 Å². The zero-order chi connectivity index (χ0) is 16.6. The van der Waals surface area contributed by atoms with Crippen molar-refractivity contribution in [3.8, 4) is 11.1 Å². The number of allylic oxidation sites excluding steroid dienone is 1. The van der Waals surface area contributed by atoms with Gasteiger partial charge in [-0.05, 0) is 46.1 Å². The summed E-state index contributed by atoms with van der Waals surface area (Å²) in [5.74, 6) is 0.615. The molecular formula is C23H28. The molecule has 0 aliphatic heterocycles. The molecular weight excluding hydrogens is 276 g/mol. The lowest BCUT2D eigenvalue weighted by molar-refractivity contribution is 0.590. The second-order valence-corrected chi connectivity index (χ2v) is 7.67. The number of rotatable bonds is 3. The first kappa shape index (κ1) is 16.1. The summed E-state index contributed by atoms with van der Waals surface area (Å²) in [5.41, 5.74) is 8.86. The Morgan fingerprint density at radius 1 is 0.913 bits per heavy atom. The van der Waals surface area contributed by atoms with Crippen LogP contribution in [-0.4, -0.2) is 0 Å². The van der Waals surface area contributed by atoms with Crippen LogP contribution in [0, 0.1) is 0 Å². The smallest absolute Gasteiger partial charge is 0.00549 e. The van der Waals surface area contributed by atoms with Crippen LogP contribution in [0.15, 0.2) is 48.0 Å². The third-order valence-corrected chi connectivity index (χ3v) is 5.17. The maximum Gasteiger partial charge on any atom is 0.00549 e. The molecule has 0 saturated heterocycles. The van der Waals surface area contributed by atoms with Crippen LogP contribution in [0.1, 0.15) is 70.1 Å². The molecule has 0 nitrogen and oxygen atoms in total. The van der Waals surface area contributed by atoms with Gasteiger partial charge in [-0.2, -0.15) is 0 Å². The van der Waals surface area contributed by atoms with E-state index in [9.17, 15) is 0 Å². The molecule has 1 aliphatic rings. The zero-order valence-electron chi connectivity index (χ0n) is 15.1. The van der Waals surface area contributed by atoms with Crippen molar-refractivity contribution >= 4 is 6.08 Å². The van der Waals surface area contributed by atoms with Crippen LogP contribution in [0.2, 0.25) is 0 Å². The molecule has 1 aliphatic carbocycles. The Morgan fingerprint density at radius 2 is 1.61 bits per heavy atom. The van der Waals surface area contributed by atoms with Gasteiger partial charge in [-0.3, -0.25) is 0 Å². The van der Waals surface area contributed by atoms with Crippen molar-refractivity contribution in [3.63, 3.8) is 0 Å². The van der Waals surface area contributed by atoms with Crippen LogP contribution in [0.3, 0.4) is 0 Å². The Morgan fingerprint density at radius 3 is 2.17 bits per heavy atom. The van der Waals surface area contributed by atoms with Crippen molar-refractivity contribution < 1.29 is 0 Å². The van der Waals surface area contributed by atoms with Crippen molar-refractivity contribution in [2.24, 2.45) is 0 Å². The molecule has 2 aromatic carbocycles. The predicted molar refractivity (Wildman–Crippen MR) is 102 cm³/mol. The molecule has 2 aromatic rings. The van der Waals surface area contributed by atoms with E-state index in [0.29, 0.717) is 5.92 Å². The quantitative estimate of drug-likeness (QED) is 0.575. The van der Waals surface area contributed by atoms with E-state index in [1.165, 1.54) is 34.2 Å². The second-order valence-electron chi connectivity index (χ2n) is 7.67. The Labute approximate surface area is 141 Å². The molecule has 0 saturated carbocycles. The molecule has 0 aromatic heterocycles. The Balaban J connectivity index is 2.06. The first-order valence-corrected chi connectivity index (χ1v) is 8.90. The highest BCUT2D eigenvalue weighted by Gasteiger charge is 2.24. The largest absolute Gasteiger partial charge is 0.0645 e. The van der Waals surface area contributed by atoms with Gasteiger partial charge in [-0.15, -0.1) is 0 Å². The zero-order valence-corrected chi connectivity index (χ0v) is 15.1. The van der Waals surface area contributed by atoms with Gasteiger partial charge in [0.2, 0.25) is 0 Å². The summed E-state index contributed by atoms with van der Waals surface area (Å²) in [6.45, 7) is 11.4. The monoisotopic (exact) mass is 304 g/mol. The average molecular weight is 304 g/mol. The molecule has 0 spiro atoms. The second kappa shape index (κ2) is 6.00. The minimum atomic E-state index is 0.208. The number of hydrogen-bond donors (Lipinski definition) is 0. The van der Waals surface area contributed by atoms with Crippen molar-refractivity contribution in [1.29, 1.82) is 0 Å².